The average molecular weight is 257 g/mol. The van der Waals surface area contributed by atoms with Gasteiger partial charge in [-0.1, -0.05) is 36.8 Å². The van der Waals surface area contributed by atoms with Crippen molar-refractivity contribution in [2.45, 2.75) is 39.2 Å². The van der Waals surface area contributed by atoms with Gasteiger partial charge in [0, 0.05) is 6.04 Å². The van der Waals surface area contributed by atoms with E-state index in [9.17, 15) is 0 Å². The van der Waals surface area contributed by atoms with Crippen LogP contribution in [0.2, 0.25) is 0 Å². The van der Waals surface area contributed by atoms with Gasteiger partial charge in [0.15, 0.2) is 0 Å². The molecule has 2 aromatic rings. The molecular weight excluding hydrogens is 234 g/mol. The standard InChI is InChI=1S/C17H23NO/c1-3-18-17(12-16-10-11-19-13-16)9-8-15-6-4-14(2)5-7-15/h4-7,10-11,13,17-18H,3,8-9,12H2,1-2H3. The molecule has 2 rings (SSSR count). The van der Waals surface area contributed by atoms with Crippen LogP contribution in [0, 0.1) is 6.92 Å². The zero-order valence-electron chi connectivity index (χ0n) is 11.9. The fraction of sp³-hybridized carbons (Fsp3) is 0.412. The summed E-state index contributed by atoms with van der Waals surface area (Å²) in [7, 11) is 0. The number of hydrogen-bond acceptors (Lipinski definition) is 2. The first kappa shape index (κ1) is 13.9. The van der Waals surface area contributed by atoms with Gasteiger partial charge in [-0.25, -0.2) is 0 Å². The first-order valence-corrected chi connectivity index (χ1v) is 7.08. The molecule has 0 aliphatic heterocycles. The zero-order valence-corrected chi connectivity index (χ0v) is 11.9. The first-order valence-electron chi connectivity index (χ1n) is 7.08. The van der Waals surface area contributed by atoms with Crippen LogP contribution in [0.4, 0.5) is 0 Å². The van der Waals surface area contributed by atoms with Crippen molar-refractivity contribution in [3.05, 3.63) is 59.5 Å². The lowest BCUT2D eigenvalue weighted by molar-refractivity contribution is 0.486. The van der Waals surface area contributed by atoms with Crippen molar-refractivity contribution in [3.8, 4) is 0 Å². The molecule has 0 aliphatic rings. The summed E-state index contributed by atoms with van der Waals surface area (Å²) in [6.07, 6.45) is 6.91. The predicted octanol–water partition coefficient (Wildman–Crippen LogP) is 3.74. The van der Waals surface area contributed by atoms with Gasteiger partial charge in [0.1, 0.15) is 0 Å². The van der Waals surface area contributed by atoms with Crippen LogP contribution in [0.1, 0.15) is 30.0 Å². The van der Waals surface area contributed by atoms with Crippen LogP contribution in [0.15, 0.2) is 47.3 Å². The van der Waals surface area contributed by atoms with Gasteiger partial charge in [-0.15, -0.1) is 0 Å². The lowest BCUT2D eigenvalue weighted by atomic mass is 10.00. The molecule has 1 atom stereocenters. The minimum atomic E-state index is 0.518. The number of hydrogen-bond donors (Lipinski definition) is 1. The summed E-state index contributed by atoms with van der Waals surface area (Å²) in [4.78, 5) is 0. The molecule has 0 saturated carbocycles. The Bertz CT molecular complexity index is 459. The number of furan rings is 1. The first-order chi connectivity index (χ1) is 9.28. The molecule has 1 N–H and O–H groups in total. The summed E-state index contributed by atoms with van der Waals surface area (Å²) in [6.45, 7) is 5.30. The minimum absolute atomic E-state index is 0.518. The Morgan fingerprint density at radius 1 is 1.11 bits per heavy atom. The van der Waals surface area contributed by atoms with Crippen molar-refractivity contribution in [2.24, 2.45) is 0 Å². The molecule has 1 unspecified atom stereocenters. The molecule has 1 aromatic heterocycles. The Labute approximate surface area is 115 Å². The van der Waals surface area contributed by atoms with Gasteiger partial charge < -0.3 is 9.73 Å². The highest BCUT2D eigenvalue weighted by molar-refractivity contribution is 5.21. The Morgan fingerprint density at radius 3 is 2.53 bits per heavy atom. The van der Waals surface area contributed by atoms with Crippen molar-refractivity contribution in [1.29, 1.82) is 0 Å². The normalized spacial score (nSPS) is 12.5. The Kier molecular flexibility index (Phi) is 5.22. The number of rotatable bonds is 7. The molecular formula is C17H23NO. The van der Waals surface area contributed by atoms with Crippen LogP contribution in [0.25, 0.3) is 0 Å². The third-order valence-corrected chi connectivity index (χ3v) is 3.46. The van der Waals surface area contributed by atoms with Crippen molar-refractivity contribution >= 4 is 0 Å². The summed E-state index contributed by atoms with van der Waals surface area (Å²) in [6, 6.07) is 11.4. The summed E-state index contributed by atoms with van der Waals surface area (Å²) < 4.78 is 5.14. The van der Waals surface area contributed by atoms with E-state index >= 15 is 0 Å². The third-order valence-electron chi connectivity index (χ3n) is 3.46. The second kappa shape index (κ2) is 7.15. The highest BCUT2D eigenvalue weighted by Gasteiger charge is 2.09. The number of aryl methyl sites for hydroxylation is 2. The summed E-state index contributed by atoms with van der Waals surface area (Å²) in [5.41, 5.74) is 4.01. The van der Waals surface area contributed by atoms with E-state index in [-0.39, 0.29) is 0 Å². The quantitative estimate of drug-likeness (QED) is 0.817. The van der Waals surface area contributed by atoms with Crippen molar-refractivity contribution in [3.63, 3.8) is 0 Å². The van der Waals surface area contributed by atoms with Gasteiger partial charge in [-0.05, 0) is 49.9 Å². The van der Waals surface area contributed by atoms with E-state index in [1.165, 1.54) is 16.7 Å². The SMILES string of the molecule is CCNC(CCc1ccc(C)cc1)Cc1ccoc1. The third kappa shape index (κ3) is 4.56. The number of benzene rings is 1. The topological polar surface area (TPSA) is 25.2 Å². The molecule has 2 heteroatoms. The van der Waals surface area contributed by atoms with E-state index in [1.54, 1.807) is 6.26 Å². The zero-order chi connectivity index (χ0) is 13.5. The average Bonchev–Trinajstić information content (AvgIpc) is 2.91. The number of likely N-dealkylation sites (N-methyl/N-ethyl adjacent to an activating group) is 1. The van der Waals surface area contributed by atoms with Gasteiger partial charge in [0.2, 0.25) is 0 Å². The fourth-order valence-electron chi connectivity index (χ4n) is 2.35. The molecule has 0 amide bonds. The molecule has 0 radical (unpaired) electrons. The second-order valence-electron chi connectivity index (χ2n) is 5.11. The van der Waals surface area contributed by atoms with Crippen molar-refractivity contribution < 1.29 is 4.42 Å². The maximum atomic E-state index is 5.14. The molecule has 0 bridgehead atoms. The van der Waals surface area contributed by atoms with Crippen molar-refractivity contribution in [2.75, 3.05) is 6.54 Å². The predicted molar refractivity (Wildman–Crippen MR) is 79.4 cm³/mol. The Morgan fingerprint density at radius 2 is 1.89 bits per heavy atom. The van der Waals surface area contributed by atoms with Crippen LogP contribution in [0.5, 0.6) is 0 Å². The van der Waals surface area contributed by atoms with Crippen LogP contribution < -0.4 is 5.32 Å². The lowest BCUT2D eigenvalue weighted by Gasteiger charge is -2.17. The van der Waals surface area contributed by atoms with Gasteiger partial charge in [0.05, 0.1) is 12.5 Å². The molecule has 0 saturated heterocycles. The lowest BCUT2D eigenvalue weighted by Crippen LogP contribution is -2.31. The molecule has 0 fully saturated rings. The molecule has 0 aliphatic carbocycles. The van der Waals surface area contributed by atoms with Crippen molar-refractivity contribution in [1.82, 2.24) is 5.32 Å². The summed E-state index contributed by atoms with van der Waals surface area (Å²) in [5.74, 6) is 0. The molecule has 2 nitrogen and oxygen atoms in total. The Balaban J connectivity index is 1.87. The van der Waals surface area contributed by atoms with Gasteiger partial charge >= 0.3 is 0 Å². The van der Waals surface area contributed by atoms with Crippen LogP contribution in [-0.4, -0.2) is 12.6 Å². The van der Waals surface area contributed by atoms with Crippen LogP contribution in [-0.2, 0) is 12.8 Å². The van der Waals surface area contributed by atoms with E-state index in [4.69, 9.17) is 4.42 Å². The largest absolute Gasteiger partial charge is 0.472 e. The summed E-state index contributed by atoms with van der Waals surface area (Å²) in [5, 5.41) is 3.56. The van der Waals surface area contributed by atoms with Gasteiger partial charge in [-0.3, -0.25) is 0 Å². The molecule has 1 aromatic carbocycles. The highest BCUT2D eigenvalue weighted by atomic mass is 16.3. The smallest absolute Gasteiger partial charge is 0.0935 e. The Hall–Kier alpha value is -1.54. The van der Waals surface area contributed by atoms with Crippen LogP contribution >= 0.6 is 0 Å². The maximum absolute atomic E-state index is 5.14. The van der Waals surface area contributed by atoms with E-state index in [1.807, 2.05) is 6.26 Å². The van der Waals surface area contributed by atoms with E-state index in [0.717, 1.165) is 25.8 Å². The molecule has 102 valence electrons. The van der Waals surface area contributed by atoms with E-state index < -0.39 is 0 Å². The fourth-order valence-corrected chi connectivity index (χ4v) is 2.35. The minimum Gasteiger partial charge on any atom is -0.472 e. The maximum Gasteiger partial charge on any atom is 0.0935 e. The van der Waals surface area contributed by atoms with Gasteiger partial charge in [0.25, 0.3) is 0 Å². The van der Waals surface area contributed by atoms with Crippen LogP contribution in [0.3, 0.4) is 0 Å². The van der Waals surface area contributed by atoms with E-state index in [2.05, 4.69) is 49.5 Å². The van der Waals surface area contributed by atoms with E-state index in [0.29, 0.717) is 6.04 Å². The second-order valence-corrected chi connectivity index (χ2v) is 5.11. The van der Waals surface area contributed by atoms with Gasteiger partial charge in [-0.2, -0.15) is 0 Å². The summed E-state index contributed by atoms with van der Waals surface area (Å²) >= 11 is 0. The molecule has 1 heterocycles. The highest BCUT2D eigenvalue weighted by Crippen LogP contribution is 2.11. The number of nitrogens with one attached hydrogen (secondary N) is 1. The monoisotopic (exact) mass is 257 g/mol. The molecule has 19 heavy (non-hydrogen) atoms. The molecule has 0 spiro atoms.